The topological polar surface area (TPSA) is 3.24 Å². The van der Waals surface area contributed by atoms with Crippen molar-refractivity contribution in [3.8, 4) is 0 Å². The third-order valence-electron chi connectivity index (χ3n) is 8.91. The quantitative estimate of drug-likeness (QED) is 0.188. The number of fused-ring (bicyclic) bond motifs is 3. The van der Waals surface area contributed by atoms with Crippen LogP contribution in [0.25, 0.3) is 53.9 Å². The Kier molecular flexibility index (Phi) is 3.28. The van der Waals surface area contributed by atoms with Crippen LogP contribution in [0.2, 0.25) is 0 Å². The summed E-state index contributed by atoms with van der Waals surface area (Å²) in [6.45, 7) is 0. The highest BCUT2D eigenvalue weighted by atomic mass is 15.1. The average molecular weight is 426 g/mol. The number of anilines is 1. The monoisotopic (exact) mass is 425 g/mol. The van der Waals surface area contributed by atoms with E-state index >= 15 is 0 Å². The Bertz CT molecular complexity index is 1770. The van der Waals surface area contributed by atoms with Gasteiger partial charge in [-0.2, -0.15) is 0 Å². The van der Waals surface area contributed by atoms with E-state index < -0.39 is 0 Å². The zero-order chi connectivity index (χ0) is 21.9. The molecule has 8 rings (SSSR count). The molecule has 1 nitrogen and oxygen atoms in total. The molecule has 0 bridgehead atoms. The van der Waals surface area contributed by atoms with E-state index in [2.05, 4.69) is 85.7 Å². The molecule has 1 saturated carbocycles. The van der Waals surface area contributed by atoms with Crippen molar-refractivity contribution in [2.75, 3.05) is 19.0 Å². The Hall–Kier alpha value is -3.32. The fraction of sp³-hybridized carbons (Fsp3) is 0.250. The summed E-state index contributed by atoms with van der Waals surface area (Å²) in [4.78, 5) is 2.34. The maximum absolute atomic E-state index is 2.49. The Morgan fingerprint density at radius 1 is 0.545 bits per heavy atom. The van der Waals surface area contributed by atoms with Crippen molar-refractivity contribution in [1.29, 1.82) is 0 Å². The summed E-state index contributed by atoms with van der Waals surface area (Å²) in [7, 11) is 4.42. The van der Waals surface area contributed by atoms with Gasteiger partial charge in [0.2, 0.25) is 0 Å². The Morgan fingerprint density at radius 2 is 1.18 bits per heavy atom. The smallest absolute Gasteiger partial charge is 0.0521 e. The zero-order valence-electron chi connectivity index (χ0n) is 19.3. The summed E-state index contributed by atoms with van der Waals surface area (Å²) < 4.78 is 0. The van der Waals surface area contributed by atoms with Crippen LogP contribution >= 0.6 is 0 Å². The van der Waals surface area contributed by atoms with Crippen LogP contribution in [-0.4, -0.2) is 14.1 Å². The first-order valence-electron chi connectivity index (χ1n) is 12.5. The van der Waals surface area contributed by atoms with Crippen LogP contribution in [0.5, 0.6) is 0 Å². The highest BCUT2D eigenvalue weighted by molar-refractivity contribution is 6.42. The minimum absolute atomic E-state index is 0.144. The van der Waals surface area contributed by atoms with E-state index in [1.807, 2.05) is 0 Å². The molecule has 2 aliphatic rings. The Balaban J connectivity index is 1.80. The summed E-state index contributed by atoms with van der Waals surface area (Å²) in [5.41, 5.74) is 4.69. The molecule has 1 spiro atoms. The van der Waals surface area contributed by atoms with Gasteiger partial charge in [0.05, 0.1) is 5.69 Å². The molecule has 160 valence electrons. The van der Waals surface area contributed by atoms with Crippen LogP contribution in [0.4, 0.5) is 5.69 Å². The summed E-state index contributed by atoms with van der Waals surface area (Å²) in [5.74, 6) is 0. The van der Waals surface area contributed by atoms with Crippen molar-refractivity contribution in [1.82, 2.24) is 0 Å². The lowest BCUT2D eigenvalue weighted by molar-refractivity contribution is 0.350. The highest BCUT2D eigenvalue weighted by Gasteiger charge is 2.42. The number of benzene rings is 6. The average Bonchev–Trinajstić information content (AvgIpc) is 2.85. The second-order valence-electron chi connectivity index (χ2n) is 10.6. The SMILES string of the molecule is CN(C)c1c2cccc3c2c2c4c(ccc5cccc(c6cccc1c62)c54)C31CCCCC1. The minimum Gasteiger partial charge on any atom is -0.377 e. The molecule has 33 heavy (non-hydrogen) atoms. The van der Waals surface area contributed by atoms with Gasteiger partial charge < -0.3 is 4.90 Å². The van der Waals surface area contributed by atoms with E-state index in [0.717, 1.165) is 0 Å². The van der Waals surface area contributed by atoms with E-state index in [0.29, 0.717) is 0 Å². The molecule has 6 aromatic rings. The minimum atomic E-state index is 0.144. The van der Waals surface area contributed by atoms with Crippen LogP contribution in [-0.2, 0) is 5.41 Å². The third kappa shape index (κ3) is 1.97. The number of hydrogen-bond acceptors (Lipinski definition) is 1. The van der Waals surface area contributed by atoms with Gasteiger partial charge in [-0.15, -0.1) is 0 Å². The number of hydrogen-bond donors (Lipinski definition) is 0. The molecule has 6 aromatic carbocycles. The van der Waals surface area contributed by atoms with Gasteiger partial charge in [0.1, 0.15) is 0 Å². The van der Waals surface area contributed by atoms with Crippen LogP contribution in [0.15, 0.2) is 66.7 Å². The number of nitrogens with zero attached hydrogens (tertiary/aromatic N) is 1. The van der Waals surface area contributed by atoms with Crippen molar-refractivity contribution in [3.05, 3.63) is 77.9 Å². The molecule has 0 atom stereocenters. The molecule has 0 amide bonds. The summed E-state index contributed by atoms with van der Waals surface area (Å²) in [6.07, 6.45) is 6.55. The molecular weight excluding hydrogens is 398 g/mol. The third-order valence-corrected chi connectivity index (χ3v) is 8.91. The van der Waals surface area contributed by atoms with Gasteiger partial charge in [0.25, 0.3) is 0 Å². The predicted molar refractivity (Wildman–Crippen MR) is 143 cm³/mol. The second-order valence-corrected chi connectivity index (χ2v) is 10.6. The standard InChI is InChI=1S/C32H27N/c1-33(2)31-22-12-7-11-21-20-10-6-9-19-15-16-25-29(26(19)20)30(27(21)22)28-23(31)13-8-14-24(28)32(25)17-4-3-5-18-32/h6-16H,3-5,17-18H2,1-2H3. The number of rotatable bonds is 1. The van der Waals surface area contributed by atoms with E-state index in [1.54, 1.807) is 16.5 Å². The van der Waals surface area contributed by atoms with Crippen molar-refractivity contribution < 1.29 is 0 Å². The van der Waals surface area contributed by atoms with Gasteiger partial charge in [-0.05, 0) is 61.7 Å². The lowest BCUT2D eigenvalue weighted by Gasteiger charge is -2.43. The highest BCUT2D eigenvalue weighted by Crippen LogP contribution is 2.58. The van der Waals surface area contributed by atoms with Gasteiger partial charge in [0, 0.05) is 35.7 Å². The molecule has 2 aliphatic carbocycles. The molecule has 0 aromatic heterocycles. The van der Waals surface area contributed by atoms with E-state index in [-0.39, 0.29) is 5.41 Å². The first kappa shape index (κ1) is 18.1. The summed E-state index contributed by atoms with van der Waals surface area (Å²) >= 11 is 0. The van der Waals surface area contributed by atoms with Gasteiger partial charge in [-0.3, -0.25) is 0 Å². The molecule has 1 heteroatoms. The summed E-state index contributed by atoms with van der Waals surface area (Å²) in [5, 5.41) is 14.5. The lowest BCUT2D eigenvalue weighted by atomic mass is 9.60. The lowest BCUT2D eigenvalue weighted by Crippen LogP contribution is -2.32. The molecule has 1 fully saturated rings. The van der Waals surface area contributed by atoms with Gasteiger partial charge in [-0.1, -0.05) is 86.0 Å². The maximum atomic E-state index is 2.49. The van der Waals surface area contributed by atoms with E-state index in [9.17, 15) is 0 Å². The van der Waals surface area contributed by atoms with Crippen LogP contribution in [0.1, 0.15) is 43.2 Å². The molecule has 0 aliphatic heterocycles. The van der Waals surface area contributed by atoms with Crippen LogP contribution in [0, 0.1) is 0 Å². The molecule has 0 radical (unpaired) electrons. The molecule has 0 unspecified atom stereocenters. The largest absolute Gasteiger partial charge is 0.377 e. The van der Waals surface area contributed by atoms with Crippen LogP contribution in [0.3, 0.4) is 0 Å². The van der Waals surface area contributed by atoms with Crippen molar-refractivity contribution >= 4 is 59.5 Å². The molecule has 0 N–H and O–H groups in total. The fourth-order valence-corrected chi connectivity index (χ4v) is 7.76. The van der Waals surface area contributed by atoms with E-state index in [1.165, 1.54) is 86.3 Å². The molecule has 0 heterocycles. The van der Waals surface area contributed by atoms with E-state index in [4.69, 9.17) is 0 Å². The Morgan fingerprint density at radius 3 is 1.97 bits per heavy atom. The van der Waals surface area contributed by atoms with Gasteiger partial charge in [0.15, 0.2) is 0 Å². The van der Waals surface area contributed by atoms with Crippen molar-refractivity contribution in [2.45, 2.75) is 37.5 Å². The van der Waals surface area contributed by atoms with Crippen molar-refractivity contribution in [3.63, 3.8) is 0 Å². The zero-order valence-corrected chi connectivity index (χ0v) is 19.3. The van der Waals surface area contributed by atoms with Crippen molar-refractivity contribution in [2.24, 2.45) is 0 Å². The fourth-order valence-electron chi connectivity index (χ4n) is 7.76. The predicted octanol–water partition coefficient (Wildman–Crippen LogP) is 8.52. The van der Waals surface area contributed by atoms with Gasteiger partial charge in [-0.25, -0.2) is 0 Å². The first-order chi connectivity index (χ1) is 16.2. The molecular formula is C32H27N. The summed E-state index contributed by atoms with van der Waals surface area (Å²) in [6, 6.07) is 25.9. The maximum Gasteiger partial charge on any atom is 0.0521 e. The van der Waals surface area contributed by atoms with Gasteiger partial charge >= 0.3 is 0 Å². The van der Waals surface area contributed by atoms with Crippen LogP contribution < -0.4 is 4.90 Å². The normalized spacial score (nSPS) is 17.0. The molecule has 0 saturated heterocycles. The second kappa shape index (κ2) is 5.97. The Labute approximate surface area is 193 Å². The first-order valence-corrected chi connectivity index (χ1v) is 12.5.